The first-order valence-corrected chi connectivity index (χ1v) is 4.99. The van der Waals surface area contributed by atoms with E-state index in [1.54, 1.807) is 0 Å². The Hall–Kier alpha value is -0.320. The van der Waals surface area contributed by atoms with Gasteiger partial charge in [-0.3, -0.25) is 0 Å². The van der Waals surface area contributed by atoms with Crippen molar-refractivity contribution in [3.05, 3.63) is 0 Å². The first-order chi connectivity index (χ1) is 8.24. The lowest BCUT2D eigenvalue weighted by atomic mass is 9.92. The van der Waals surface area contributed by atoms with Crippen molar-refractivity contribution in [1.82, 2.24) is 0 Å². The Morgan fingerprint density at radius 2 is 0.765 bits per heavy atom. The molecule has 8 nitrogen and oxygen atoms in total. The van der Waals surface area contributed by atoms with Gasteiger partial charge in [-0.2, -0.15) is 0 Å². The van der Waals surface area contributed by atoms with Gasteiger partial charge in [-0.1, -0.05) is 0 Å². The van der Waals surface area contributed by atoms with Crippen LogP contribution in [0.3, 0.4) is 0 Å². The van der Waals surface area contributed by atoms with Gasteiger partial charge in [0.15, 0.2) is 0 Å². The molecule has 0 unspecified atom stereocenters. The summed E-state index contributed by atoms with van der Waals surface area (Å²) in [5.41, 5.74) is -0.822. The zero-order chi connectivity index (χ0) is 13.0. The molecule has 0 radical (unpaired) electrons. The third-order valence-corrected chi connectivity index (χ3v) is 2.00. The van der Waals surface area contributed by atoms with Crippen molar-refractivity contribution >= 4 is 0 Å². The lowest BCUT2D eigenvalue weighted by Gasteiger charge is -2.31. The summed E-state index contributed by atoms with van der Waals surface area (Å²) in [6.07, 6.45) is 0. The van der Waals surface area contributed by atoms with Crippen molar-refractivity contribution in [1.29, 1.82) is 0 Å². The maximum Gasteiger partial charge on any atom is 0.143 e. The Bertz CT molecular complexity index is 128. The minimum atomic E-state index is -0.822. The molecule has 0 amide bonds. The summed E-state index contributed by atoms with van der Waals surface area (Å²) in [6.45, 7) is -1.82. The van der Waals surface area contributed by atoms with Gasteiger partial charge in [0.2, 0.25) is 0 Å². The van der Waals surface area contributed by atoms with E-state index < -0.39 is 32.6 Å². The van der Waals surface area contributed by atoms with Crippen LogP contribution >= 0.6 is 0 Å². The summed E-state index contributed by atoms with van der Waals surface area (Å²) in [4.78, 5) is 0. The topological polar surface area (TPSA) is 118 Å². The minimum absolute atomic E-state index is 0.0312. The average Bonchev–Trinajstić information content (AvgIpc) is 2.37. The molecule has 0 rings (SSSR count). The second-order valence-electron chi connectivity index (χ2n) is 3.41. The first-order valence-electron chi connectivity index (χ1n) is 4.99. The quantitative estimate of drug-likeness (QED) is 0.292. The van der Waals surface area contributed by atoms with E-state index in [-0.39, 0.29) is 26.4 Å². The summed E-state index contributed by atoms with van der Waals surface area (Å²) in [5, 5.41) is 34.5. The van der Waals surface area contributed by atoms with Gasteiger partial charge >= 0.3 is 0 Å². The molecule has 0 aliphatic heterocycles. The Kier molecular flexibility index (Phi) is 10.6. The van der Waals surface area contributed by atoms with Crippen molar-refractivity contribution in [3.8, 4) is 0 Å². The van der Waals surface area contributed by atoms with Crippen LogP contribution in [0.25, 0.3) is 0 Å². The third kappa shape index (κ3) is 7.58. The molecule has 0 aromatic rings. The minimum Gasteiger partial charge on any atom is -0.371 e. The van der Waals surface area contributed by atoms with Crippen LogP contribution in [0.2, 0.25) is 0 Å². The van der Waals surface area contributed by atoms with Crippen LogP contribution in [0.5, 0.6) is 0 Å². The van der Waals surface area contributed by atoms with Crippen molar-refractivity contribution in [2.45, 2.75) is 0 Å². The number of hydrogen-bond donors (Lipinski definition) is 4. The zero-order valence-electron chi connectivity index (χ0n) is 9.58. The zero-order valence-corrected chi connectivity index (χ0v) is 9.58. The SMILES string of the molecule is OCOCC(COCO)(COCO)COCO. The number of aliphatic hydroxyl groups excluding tert-OH is 4. The molecule has 104 valence electrons. The van der Waals surface area contributed by atoms with E-state index >= 15 is 0 Å². The largest absolute Gasteiger partial charge is 0.371 e. The van der Waals surface area contributed by atoms with Crippen LogP contribution < -0.4 is 0 Å². The number of ether oxygens (including phenoxy) is 4. The molecule has 0 aromatic heterocycles. The van der Waals surface area contributed by atoms with Crippen molar-refractivity contribution < 1.29 is 39.4 Å². The van der Waals surface area contributed by atoms with E-state index in [1.807, 2.05) is 0 Å². The number of hydrogen-bond acceptors (Lipinski definition) is 8. The third-order valence-electron chi connectivity index (χ3n) is 2.00. The molecule has 0 heterocycles. The molecule has 0 aliphatic carbocycles. The Morgan fingerprint density at radius 1 is 0.529 bits per heavy atom. The predicted molar refractivity (Wildman–Crippen MR) is 54.6 cm³/mol. The standard InChI is InChI=1S/C9H20O8/c10-5-14-1-9(2-15-6-11,3-16-7-12)4-17-8-13/h10-13H,1-8H2. The molecule has 0 saturated carbocycles. The van der Waals surface area contributed by atoms with E-state index in [0.29, 0.717) is 0 Å². The number of rotatable bonds is 12. The first kappa shape index (κ1) is 16.7. The van der Waals surface area contributed by atoms with Crippen LogP contribution in [-0.2, 0) is 18.9 Å². The summed E-state index contributed by atoms with van der Waals surface area (Å²) in [6, 6.07) is 0. The summed E-state index contributed by atoms with van der Waals surface area (Å²) in [5.74, 6) is 0. The molecule has 4 N–H and O–H groups in total. The van der Waals surface area contributed by atoms with Crippen LogP contribution in [0.1, 0.15) is 0 Å². The van der Waals surface area contributed by atoms with E-state index in [2.05, 4.69) is 0 Å². The molecule has 0 spiro atoms. The van der Waals surface area contributed by atoms with E-state index in [9.17, 15) is 0 Å². The van der Waals surface area contributed by atoms with Gasteiger partial charge in [-0.05, 0) is 0 Å². The molecular formula is C9H20O8. The van der Waals surface area contributed by atoms with E-state index in [0.717, 1.165) is 0 Å². The fourth-order valence-electron chi connectivity index (χ4n) is 1.30. The lowest BCUT2D eigenvalue weighted by molar-refractivity contribution is -0.164. The molecule has 17 heavy (non-hydrogen) atoms. The van der Waals surface area contributed by atoms with Gasteiger partial charge in [0, 0.05) is 0 Å². The highest BCUT2D eigenvalue weighted by Crippen LogP contribution is 2.20. The second kappa shape index (κ2) is 10.8. The van der Waals surface area contributed by atoms with Gasteiger partial charge in [-0.25, -0.2) is 0 Å². The van der Waals surface area contributed by atoms with Crippen molar-refractivity contribution in [3.63, 3.8) is 0 Å². The van der Waals surface area contributed by atoms with Crippen LogP contribution in [0, 0.1) is 5.41 Å². The highest BCUT2D eigenvalue weighted by molar-refractivity contribution is 4.78. The van der Waals surface area contributed by atoms with Gasteiger partial charge in [0.05, 0.1) is 31.8 Å². The summed E-state index contributed by atoms with van der Waals surface area (Å²) in [7, 11) is 0. The average molecular weight is 256 g/mol. The summed E-state index contributed by atoms with van der Waals surface area (Å²) >= 11 is 0. The fraction of sp³-hybridized carbons (Fsp3) is 1.00. The fourth-order valence-corrected chi connectivity index (χ4v) is 1.30. The smallest absolute Gasteiger partial charge is 0.143 e. The maximum absolute atomic E-state index is 8.61. The highest BCUT2D eigenvalue weighted by Gasteiger charge is 2.32. The van der Waals surface area contributed by atoms with Crippen LogP contribution in [0.4, 0.5) is 0 Å². The molecule has 0 bridgehead atoms. The molecule has 0 atom stereocenters. The summed E-state index contributed by atoms with van der Waals surface area (Å²) < 4.78 is 19.4. The Morgan fingerprint density at radius 3 is 0.941 bits per heavy atom. The van der Waals surface area contributed by atoms with Gasteiger partial charge < -0.3 is 39.4 Å². The van der Waals surface area contributed by atoms with Gasteiger partial charge in [0.25, 0.3) is 0 Å². The molecule has 0 aromatic carbocycles. The Balaban J connectivity index is 4.39. The van der Waals surface area contributed by atoms with Gasteiger partial charge in [-0.15, -0.1) is 0 Å². The molecule has 0 saturated heterocycles. The second-order valence-corrected chi connectivity index (χ2v) is 3.41. The maximum atomic E-state index is 8.61. The van der Waals surface area contributed by atoms with Crippen LogP contribution in [0.15, 0.2) is 0 Å². The van der Waals surface area contributed by atoms with Crippen molar-refractivity contribution in [2.75, 3.05) is 53.6 Å². The van der Waals surface area contributed by atoms with Crippen molar-refractivity contribution in [2.24, 2.45) is 5.41 Å². The normalized spacial score (nSPS) is 12.0. The number of aliphatic hydroxyl groups is 4. The predicted octanol–water partition coefficient (Wildman–Crippen LogP) is -2.16. The highest BCUT2D eigenvalue weighted by atomic mass is 16.6. The Labute approximate surface area is 99.3 Å². The monoisotopic (exact) mass is 256 g/mol. The van der Waals surface area contributed by atoms with Gasteiger partial charge in [0.1, 0.15) is 27.2 Å². The van der Waals surface area contributed by atoms with Crippen LogP contribution in [-0.4, -0.2) is 74.0 Å². The van der Waals surface area contributed by atoms with E-state index in [1.165, 1.54) is 0 Å². The molecule has 0 fully saturated rings. The van der Waals surface area contributed by atoms with E-state index in [4.69, 9.17) is 39.4 Å². The molecular weight excluding hydrogens is 236 g/mol. The lowest BCUT2D eigenvalue weighted by Crippen LogP contribution is -2.42. The molecule has 8 heteroatoms. The molecule has 0 aliphatic rings.